The maximum Gasteiger partial charge on any atom is 0 e. The molecule has 0 fully saturated rings. The summed E-state index contributed by atoms with van der Waals surface area (Å²) in [5.74, 6) is 0. The van der Waals surface area contributed by atoms with E-state index >= 15 is 0 Å². The standard InChI is InChI=1S/4K.4H2O.Si/h;;;;4*1H2;. The van der Waals surface area contributed by atoms with E-state index in [1.54, 1.807) is 0 Å². The van der Waals surface area contributed by atoms with Crippen LogP contribution in [0.25, 0.3) is 0 Å². The molecule has 9 heteroatoms. The second-order valence-corrected chi connectivity index (χ2v) is 0. The zero-order chi connectivity index (χ0) is 0. The summed E-state index contributed by atoms with van der Waals surface area (Å²) in [4.78, 5) is 0. The minimum atomic E-state index is 0. The third kappa shape index (κ3) is 53.2. The van der Waals surface area contributed by atoms with E-state index in [1.807, 2.05) is 0 Å². The van der Waals surface area contributed by atoms with E-state index in [0.717, 1.165) is 0 Å². The fourth-order valence-electron chi connectivity index (χ4n) is 0. The summed E-state index contributed by atoms with van der Waals surface area (Å²) < 4.78 is 0. The summed E-state index contributed by atoms with van der Waals surface area (Å²) in [5, 5.41) is 0. The van der Waals surface area contributed by atoms with Crippen LogP contribution in [0.2, 0.25) is 0 Å². The van der Waals surface area contributed by atoms with Gasteiger partial charge in [-0.05, 0) is 0 Å². The van der Waals surface area contributed by atoms with Crippen LogP contribution in [0.15, 0.2) is 0 Å². The quantitative estimate of drug-likeness (QED) is 0.384. The van der Waals surface area contributed by atoms with Crippen molar-refractivity contribution in [3.63, 3.8) is 0 Å². The van der Waals surface area contributed by atoms with E-state index < -0.39 is 0 Å². The summed E-state index contributed by atoms with van der Waals surface area (Å²) in [7, 11) is 0. The van der Waals surface area contributed by atoms with Crippen LogP contribution in [-0.4, -0.2) is 238 Å². The third-order valence-corrected chi connectivity index (χ3v) is 0. The maximum atomic E-state index is 0. The van der Waals surface area contributed by atoms with E-state index in [9.17, 15) is 0 Å². The Morgan fingerprint density at radius 2 is 0.333 bits per heavy atom. The summed E-state index contributed by atoms with van der Waals surface area (Å²) >= 11 is 0. The normalized spacial score (nSPS) is 0. The molecule has 0 heterocycles. The second kappa shape index (κ2) is 62.0. The molecule has 0 aromatic carbocycles. The van der Waals surface area contributed by atoms with Gasteiger partial charge in [0.25, 0.3) is 0 Å². The maximum absolute atomic E-state index is 0. The molecule has 8 radical (unpaired) electrons. The van der Waals surface area contributed by atoms with E-state index in [2.05, 4.69) is 0 Å². The van der Waals surface area contributed by atoms with Crippen molar-refractivity contribution in [2.24, 2.45) is 0 Å². The van der Waals surface area contributed by atoms with Gasteiger partial charge in [0.2, 0.25) is 0 Å². The van der Waals surface area contributed by atoms with E-state index in [1.165, 1.54) is 0 Å². The first-order valence-electron chi connectivity index (χ1n) is 0. The van der Waals surface area contributed by atoms with Gasteiger partial charge in [0.05, 0.1) is 0 Å². The summed E-state index contributed by atoms with van der Waals surface area (Å²) in [6, 6.07) is 0. The van der Waals surface area contributed by atoms with Crippen LogP contribution >= 0.6 is 0 Å². The zero-order valence-electron chi connectivity index (χ0n) is 6.50. The third-order valence-electron chi connectivity index (χ3n) is 0. The first-order valence-corrected chi connectivity index (χ1v) is 0. The van der Waals surface area contributed by atoms with Gasteiger partial charge in [-0.1, -0.05) is 0 Å². The molecule has 0 rings (SSSR count). The van der Waals surface area contributed by atoms with Crippen LogP contribution < -0.4 is 0 Å². The molecule has 0 aliphatic rings. The van der Waals surface area contributed by atoms with Gasteiger partial charge in [-0.2, -0.15) is 0 Å². The Kier molecular flexibility index (Phi) is 526. The predicted octanol–water partition coefficient (Wildman–Crippen LogP) is -5.20. The molecular formula is H8K4O4Si. The Balaban J connectivity index is 0. The average molecular weight is 257 g/mol. The molecule has 0 aromatic heterocycles. The molecule has 0 saturated carbocycles. The van der Waals surface area contributed by atoms with Gasteiger partial charge in [-0.15, -0.1) is 0 Å². The Morgan fingerprint density at radius 1 is 0.333 bits per heavy atom. The van der Waals surface area contributed by atoms with Crippen molar-refractivity contribution in [1.29, 1.82) is 0 Å². The molecule has 0 atom stereocenters. The van der Waals surface area contributed by atoms with Gasteiger partial charge < -0.3 is 21.9 Å². The van der Waals surface area contributed by atoms with E-state index in [-0.39, 0.29) is 238 Å². The Bertz CT molecular complexity index is 12.5. The van der Waals surface area contributed by atoms with Crippen molar-refractivity contribution in [2.45, 2.75) is 0 Å². The second-order valence-electron chi connectivity index (χ2n) is 0. The molecule has 0 spiro atoms. The monoisotopic (exact) mass is 256 g/mol. The number of rotatable bonds is 0. The van der Waals surface area contributed by atoms with Crippen LogP contribution in [0.4, 0.5) is 0 Å². The van der Waals surface area contributed by atoms with Crippen molar-refractivity contribution in [3.8, 4) is 0 Å². The molecule has 0 aliphatic heterocycles. The summed E-state index contributed by atoms with van der Waals surface area (Å²) in [6.07, 6.45) is 0. The Hall–Kier alpha value is 6.60. The van der Waals surface area contributed by atoms with Gasteiger partial charge in [0.15, 0.2) is 0 Å². The van der Waals surface area contributed by atoms with Crippen LogP contribution in [0.1, 0.15) is 0 Å². The topological polar surface area (TPSA) is 126 Å². The van der Waals surface area contributed by atoms with E-state index in [4.69, 9.17) is 0 Å². The van der Waals surface area contributed by atoms with Crippen LogP contribution in [0.5, 0.6) is 0 Å². The van der Waals surface area contributed by atoms with Crippen LogP contribution in [0, 0.1) is 0 Å². The van der Waals surface area contributed by atoms with Crippen LogP contribution in [-0.2, 0) is 0 Å². The molecule has 0 unspecified atom stereocenters. The molecule has 9 heavy (non-hydrogen) atoms. The van der Waals surface area contributed by atoms with Crippen molar-refractivity contribution in [3.05, 3.63) is 0 Å². The molecule has 8 N–H and O–H groups in total. The fourth-order valence-corrected chi connectivity index (χ4v) is 0. The fraction of sp³-hybridized carbons (Fsp3) is 0. The minimum absolute atomic E-state index is 0. The van der Waals surface area contributed by atoms with E-state index in [0.29, 0.717) is 0 Å². The first-order chi connectivity index (χ1) is 0. The predicted molar refractivity (Wildman–Crippen MR) is 43.2 cm³/mol. The van der Waals surface area contributed by atoms with Crippen molar-refractivity contribution in [2.75, 3.05) is 0 Å². The average Bonchev–Trinajstić information content (AvgIpc) is 0. The van der Waals surface area contributed by atoms with Crippen molar-refractivity contribution < 1.29 is 21.9 Å². The molecule has 0 aliphatic carbocycles. The molecule has 0 aromatic rings. The largest absolute Gasteiger partial charge is 0.412 e. The van der Waals surface area contributed by atoms with Gasteiger partial charge in [0.1, 0.15) is 0 Å². The summed E-state index contributed by atoms with van der Waals surface area (Å²) in [5.41, 5.74) is 0. The molecule has 0 saturated heterocycles. The Morgan fingerprint density at radius 3 is 0.333 bits per heavy atom. The Labute approximate surface area is 230 Å². The molecule has 4 nitrogen and oxygen atoms in total. The smallest absolute Gasteiger partial charge is 0 e. The van der Waals surface area contributed by atoms with Crippen LogP contribution in [0.3, 0.4) is 0 Å². The van der Waals surface area contributed by atoms with Gasteiger partial charge in [0, 0.05) is 217 Å². The molecule has 0 amide bonds. The molecular weight excluding hydrogens is 248 g/mol. The zero-order valence-corrected chi connectivity index (χ0v) is 20.0. The summed E-state index contributed by atoms with van der Waals surface area (Å²) in [6.45, 7) is 0. The van der Waals surface area contributed by atoms with Gasteiger partial charge in [-0.25, -0.2) is 0 Å². The SMILES string of the molecule is O.O.O.O.[K].[K].[K].[K].[Si]. The van der Waals surface area contributed by atoms with Crippen molar-refractivity contribution >= 4 is 217 Å². The van der Waals surface area contributed by atoms with Gasteiger partial charge in [-0.3, -0.25) is 0 Å². The molecule has 0 bridgehead atoms. The van der Waals surface area contributed by atoms with Gasteiger partial charge >= 0.3 is 0 Å². The van der Waals surface area contributed by atoms with Crippen molar-refractivity contribution in [1.82, 2.24) is 0 Å². The minimum Gasteiger partial charge on any atom is -0.412 e. The first kappa shape index (κ1) is 76.3. The molecule has 40 valence electrons. The number of hydrogen-bond acceptors (Lipinski definition) is 0. The number of hydrogen-bond donors (Lipinski definition) is 0.